The monoisotopic (exact) mass is 673 g/mol. The van der Waals surface area contributed by atoms with Gasteiger partial charge in [0.15, 0.2) is 11.5 Å². The molecule has 1 N–H and O–H groups in total. The number of nitrogens with zero attached hydrogens (tertiary/aromatic N) is 2. The molecular formula is C33H37Cl2N3O6S. The Bertz CT molecular complexity index is 1620. The highest BCUT2D eigenvalue weighted by Gasteiger charge is 2.35. The maximum absolute atomic E-state index is 14.4. The van der Waals surface area contributed by atoms with Crippen LogP contribution < -0.4 is 19.1 Å². The molecule has 9 nitrogen and oxygen atoms in total. The summed E-state index contributed by atoms with van der Waals surface area (Å²) in [5.41, 5.74) is 1.69. The normalized spacial score (nSPS) is 15.4. The zero-order chi connectivity index (χ0) is 32.0. The number of carbonyl (C=O) groups is 2. The van der Waals surface area contributed by atoms with Crippen LogP contribution in [0.3, 0.4) is 0 Å². The van der Waals surface area contributed by atoms with Crippen molar-refractivity contribution in [2.75, 3.05) is 23.4 Å². The summed E-state index contributed by atoms with van der Waals surface area (Å²) in [6, 6.07) is 18.2. The number of ether oxygens (including phenoxy) is 2. The van der Waals surface area contributed by atoms with Crippen molar-refractivity contribution in [1.29, 1.82) is 0 Å². The number of hydrogen-bond acceptors (Lipinski definition) is 6. The maximum atomic E-state index is 14.4. The van der Waals surface area contributed by atoms with Crippen LogP contribution in [-0.2, 0) is 32.6 Å². The lowest BCUT2D eigenvalue weighted by atomic mass is 9.94. The molecule has 5 rings (SSSR count). The number of carbonyl (C=O) groups excluding carboxylic acids is 2. The number of sulfonamides is 1. The number of nitrogens with one attached hydrogen (secondary N) is 1. The number of halogens is 2. The van der Waals surface area contributed by atoms with Crippen molar-refractivity contribution in [2.45, 2.75) is 64.1 Å². The maximum Gasteiger partial charge on any atom is 0.244 e. The summed E-state index contributed by atoms with van der Waals surface area (Å²) < 4.78 is 38.8. The number of benzene rings is 3. The van der Waals surface area contributed by atoms with Gasteiger partial charge in [0.05, 0.1) is 11.4 Å². The van der Waals surface area contributed by atoms with Gasteiger partial charge in [0, 0.05) is 35.1 Å². The standard InChI is InChI=1S/C33H37Cl2N3O6S/c1-2-45(41,42)38(27-15-16-30-31(19-27)44-22-43-30)21-32(39)37(20-24-13-14-25(34)18-28(24)35)29(17-23-9-5-3-6-10-23)33(40)36-26-11-7-4-8-12-26/h3,5-6,9-10,13-16,18-19,26,29H,2,4,7-8,11-12,17,20-22H2,1H3,(H,36,40). The fourth-order valence-electron chi connectivity index (χ4n) is 5.69. The first-order valence-electron chi connectivity index (χ1n) is 15.1. The minimum absolute atomic E-state index is 0.00574. The average molecular weight is 675 g/mol. The summed E-state index contributed by atoms with van der Waals surface area (Å²) in [4.78, 5) is 30.0. The van der Waals surface area contributed by atoms with Gasteiger partial charge < -0.3 is 19.7 Å². The highest BCUT2D eigenvalue weighted by molar-refractivity contribution is 7.92. The van der Waals surface area contributed by atoms with E-state index in [0.29, 0.717) is 27.1 Å². The minimum atomic E-state index is -3.93. The van der Waals surface area contributed by atoms with Crippen LogP contribution >= 0.6 is 23.2 Å². The van der Waals surface area contributed by atoms with E-state index in [1.165, 1.54) is 11.8 Å². The van der Waals surface area contributed by atoms with E-state index in [-0.39, 0.29) is 43.1 Å². The molecule has 2 aliphatic rings. The van der Waals surface area contributed by atoms with Crippen molar-refractivity contribution in [3.05, 3.63) is 87.9 Å². The Morgan fingerprint density at radius 1 is 0.956 bits per heavy atom. The van der Waals surface area contributed by atoms with Crippen LogP contribution in [0, 0.1) is 0 Å². The molecule has 1 atom stereocenters. The largest absolute Gasteiger partial charge is 0.454 e. The van der Waals surface area contributed by atoms with E-state index in [1.807, 2.05) is 30.3 Å². The fourth-order valence-corrected chi connectivity index (χ4v) is 7.21. The molecule has 1 aliphatic heterocycles. The van der Waals surface area contributed by atoms with Gasteiger partial charge in [-0.05, 0) is 55.2 Å². The molecule has 2 amide bonds. The van der Waals surface area contributed by atoms with Crippen molar-refractivity contribution < 1.29 is 27.5 Å². The van der Waals surface area contributed by atoms with Crippen LogP contribution in [0.15, 0.2) is 66.7 Å². The van der Waals surface area contributed by atoms with E-state index in [9.17, 15) is 18.0 Å². The van der Waals surface area contributed by atoms with Crippen molar-refractivity contribution in [3.63, 3.8) is 0 Å². The average Bonchev–Trinajstić information content (AvgIpc) is 3.51. The highest BCUT2D eigenvalue weighted by atomic mass is 35.5. The lowest BCUT2D eigenvalue weighted by Crippen LogP contribution is -2.55. The molecular weight excluding hydrogens is 637 g/mol. The highest BCUT2D eigenvalue weighted by Crippen LogP contribution is 2.36. The summed E-state index contributed by atoms with van der Waals surface area (Å²) in [7, 11) is -3.93. The summed E-state index contributed by atoms with van der Waals surface area (Å²) >= 11 is 12.7. The van der Waals surface area contributed by atoms with Crippen LogP contribution in [0.4, 0.5) is 5.69 Å². The Morgan fingerprint density at radius 3 is 2.40 bits per heavy atom. The second-order valence-electron chi connectivity index (χ2n) is 11.3. The molecule has 1 aliphatic carbocycles. The van der Waals surface area contributed by atoms with Gasteiger partial charge in [0.1, 0.15) is 12.6 Å². The van der Waals surface area contributed by atoms with Crippen LogP contribution in [0.25, 0.3) is 0 Å². The fraction of sp³-hybridized carbons (Fsp3) is 0.394. The lowest BCUT2D eigenvalue weighted by molar-refractivity contribution is -0.140. The Kier molecular flexibility index (Phi) is 10.8. The second kappa shape index (κ2) is 14.7. The van der Waals surface area contributed by atoms with Gasteiger partial charge >= 0.3 is 0 Å². The van der Waals surface area contributed by atoms with Crippen molar-refractivity contribution in [3.8, 4) is 11.5 Å². The smallest absolute Gasteiger partial charge is 0.244 e. The topological polar surface area (TPSA) is 105 Å². The van der Waals surface area contributed by atoms with Gasteiger partial charge in [0.25, 0.3) is 0 Å². The first kappa shape index (κ1) is 32.9. The summed E-state index contributed by atoms with van der Waals surface area (Å²) in [5, 5.41) is 3.95. The van der Waals surface area contributed by atoms with Crippen LogP contribution in [-0.4, -0.2) is 56.3 Å². The molecule has 1 unspecified atom stereocenters. The zero-order valence-electron chi connectivity index (χ0n) is 25.1. The van der Waals surface area contributed by atoms with Crippen LogP contribution in [0.2, 0.25) is 10.0 Å². The molecule has 1 saturated carbocycles. The number of anilines is 1. The molecule has 0 aromatic heterocycles. The minimum Gasteiger partial charge on any atom is -0.454 e. The van der Waals surface area contributed by atoms with Gasteiger partial charge in [-0.2, -0.15) is 0 Å². The summed E-state index contributed by atoms with van der Waals surface area (Å²) in [5.74, 6) is -0.226. The van der Waals surface area contributed by atoms with E-state index in [0.717, 1.165) is 42.0 Å². The third kappa shape index (κ3) is 8.23. The van der Waals surface area contributed by atoms with Crippen LogP contribution in [0.1, 0.15) is 50.2 Å². The van der Waals surface area contributed by atoms with Gasteiger partial charge in [-0.1, -0.05) is 78.9 Å². The van der Waals surface area contributed by atoms with E-state index in [2.05, 4.69) is 5.32 Å². The molecule has 12 heteroatoms. The van der Waals surface area contributed by atoms with Gasteiger partial charge in [-0.15, -0.1) is 0 Å². The first-order chi connectivity index (χ1) is 21.6. The molecule has 240 valence electrons. The SMILES string of the molecule is CCS(=O)(=O)N(CC(=O)N(Cc1ccc(Cl)cc1Cl)C(Cc1ccccc1)C(=O)NC1CCCCC1)c1ccc2c(c1)OCO2. The van der Waals surface area contributed by atoms with Crippen LogP contribution in [0.5, 0.6) is 11.5 Å². The van der Waals surface area contributed by atoms with E-state index in [1.54, 1.807) is 36.4 Å². The molecule has 3 aromatic rings. The number of rotatable bonds is 12. The predicted molar refractivity (Wildman–Crippen MR) is 175 cm³/mol. The van der Waals surface area contributed by atoms with Crippen molar-refractivity contribution in [1.82, 2.24) is 10.2 Å². The Hall–Kier alpha value is -3.47. The molecule has 0 saturated heterocycles. The van der Waals surface area contributed by atoms with Crippen molar-refractivity contribution >= 4 is 50.7 Å². The number of fused-ring (bicyclic) bond motifs is 1. The molecule has 1 fully saturated rings. The summed E-state index contributed by atoms with van der Waals surface area (Å²) in [6.07, 6.45) is 5.14. The first-order valence-corrected chi connectivity index (χ1v) is 17.5. The summed E-state index contributed by atoms with van der Waals surface area (Å²) in [6.45, 7) is 0.959. The third-order valence-corrected chi connectivity index (χ3v) is 10.5. The zero-order valence-corrected chi connectivity index (χ0v) is 27.4. The Morgan fingerprint density at radius 2 is 1.69 bits per heavy atom. The van der Waals surface area contributed by atoms with E-state index >= 15 is 0 Å². The second-order valence-corrected chi connectivity index (χ2v) is 14.3. The quantitative estimate of drug-likeness (QED) is 0.254. The lowest BCUT2D eigenvalue weighted by Gasteiger charge is -2.35. The molecule has 1 heterocycles. The van der Waals surface area contributed by atoms with E-state index in [4.69, 9.17) is 32.7 Å². The number of hydrogen-bond donors (Lipinski definition) is 1. The molecule has 3 aromatic carbocycles. The Labute approximate surface area is 274 Å². The Balaban J connectivity index is 1.53. The third-order valence-electron chi connectivity index (χ3n) is 8.20. The predicted octanol–water partition coefficient (Wildman–Crippen LogP) is 5.97. The van der Waals surface area contributed by atoms with Gasteiger partial charge in [0.2, 0.25) is 28.6 Å². The van der Waals surface area contributed by atoms with Crippen molar-refractivity contribution in [2.24, 2.45) is 0 Å². The molecule has 0 spiro atoms. The number of amides is 2. The molecule has 0 bridgehead atoms. The molecule has 0 radical (unpaired) electrons. The van der Waals surface area contributed by atoms with Gasteiger partial charge in [-0.3, -0.25) is 13.9 Å². The van der Waals surface area contributed by atoms with E-state index < -0.39 is 28.5 Å². The van der Waals surface area contributed by atoms with Gasteiger partial charge in [-0.25, -0.2) is 8.42 Å². The molecule has 45 heavy (non-hydrogen) atoms.